The van der Waals surface area contributed by atoms with Crippen LogP contribution in [-0.2, 0) is 17.6 Å². The zero-order valence-corrected chi connectivity index (χ0v) is 12.5. The molecule has 0 radical (unpaired) electrons. The summed E-state index contributed by atoms with van der Waals surface area (Å²) in [4.78, 5) is 21.5. The number of nitrogens with zero attached hydrogens (tertiary/aromatic N) is 1. The highest BCUT2D eigenvalue weighted by molar-refractivity contribution is 5.73. The Labute approximate surface area is 136 Å². The molecule has 0 aliphatic carbocycles. The molecule has 1 atom stereocenters. The lowest BCUT2D eigenvalue weighted by atomic mass is 9.93. The summed E-state index contributed by atoms with van der Waals surface area (Å²) < 4.78 is 0. The Morgan fingerprint density at radius 1 is 1.17 bits per heavy atom. The van der Waals surface area contributed by atoms with Gasteiger partial charge in [-0.3, -0.25) is 14.9 Å². The average Bonchev–Trinajstić information content (AvgIpc) is 2.54. The summed E-state index contributed by atoms with van der Waals surface area (Å²) >= 11 is 0. The van der Waals surface area contributed by atoms with Crippen LogP contribution in [0.1, 0.15) is 16.7 Å². The second kappa shape index (κ2) is 6.97. The number of carbonyl (C=O) groups is 1. The van der Waals surface area contributed by atoms with Crippen molar-refractivity contribution in [1.82, 2.24) is 0 Å². The number of benzene rings is 2. The number of para-hydroxylation sites is 1. The summed E-state index contributed by atoms with van der Waals surface area (Å²) in [5.74, 6) is -2.04. The van der Waals surface area contributed by atoms with Crippen LogP contribution < -0.4 is 5.73 Å². The number of aromatic hydroxyl groups is 2. The molecule has 1 unspecified atom stereocenters. The fourth-order valence-corrected chi connectivity index (χ4v) is 2.41. The van der Waals surface area contributed by atoms with Crippen molar-refractivity contribution in [2.45, 2.75) is 18.9 Å². The van der Waals surface area contributed by atoms with Crippen LogP contribution in [0.4, 0.5) is 5.69 Å². The van der Waals surface area contributed by atoms with Gasteiger partial charge in [-0.25, -0.2) is 0 Å². The molecule has 0 aromatic heterocycles. The van der Waals surface area contributed by atoms with E-state index < -0.39 is 28.4 Å². The van der Waals surface area contributed by atoms with Crippen LogP contribution >= 0.6 is 0 Å². The van der Waals surface area contributed by atoms with E-state index in [9.17, 15) is 25.1 Å². The Balaban J connectivity index is 2.47. The number of carboxylic acids is 1. The van der Waals surface area contributed by atoms with Gasteiger partial charge in [0, 0.05) is 23.6 Å². The molecule has 24 heavy (non-hydrogen) atoms. The monoisotopic (exact) mass is 332 g/mol. The van der Waals surface area contributed by atoms with Gasteiger partial charge in [0.05, 0.1) is 4.92 Å². The number of hydrogen-bond acceptors (Lipinski definition) is 6. The molecule has 2 rings (SSSR count). The third kappa shape index (κ3) is 3.61. The van der Waals surface area contributed by atoms with Crippen molar-refractivity contribution in [2.24, 2.45) is 5.73 Å². The van der Waals surface area contributed by atoms with Gasteiger partial charge in [-0.15, -0.1) is 0 Å². The van der Waals surface area contributed by atoms with Crippen LogP contribution in [0, 0.1) is 10.1 Å². The Kier molecular flexibility index (Phi) is 5.00. The number of aliphatic carboxylic acids is 1. The molecule has 0 bridgehead atoms. The van der Waals surface area contributed by atoms with Gasteiger partial charge in [0.25, 0.3) is 5.69 Å². The van der Waals surface area contributed by atoms with E-state index in [-0.39, 0.29) is 24.1 Å². The standard InChI is InChI=1S/C16H16N2O6/c17-12(16(21)22)8-9-5-6-14(19)15(20)11(9)7-10-3-1-2-4-13(10)18(23)24/h1-6,12,19-20H,7-8,17H2,(H,21,22). The first kappa shape index (κ1) is 17.2. The molecule has 5 N–H and O–H groups in total. The van der Waals surface area contributed by atoms with Crippen LogP contribution in [0.5, 0.6) is 11.5 Å². The van der Waals surface area contributed by atoms with Crippen LogP contribution in [0.3, 0.4) is 0 Å². The third-order valence-corrected chi connectivity index (χ3v) is 3.67. The maximum Gasteiger partial charge on any atom is 0.320 e. The lowest BCUT2D eigenvalue weighted by Crippen LogP contribution is -2.32. The molecule has 126 valence electrons. The van der Waals surface area contributed by atoms with E-state index in [0.29, 0.717) is 11.1 Å². The molecule has 0 amide bonds. The van der Waals surface area contributed by atoms with Gasteiger partial charge in [0.2, 0.25) is 0 Å². The smallest absolute Gasteiger partial charge is 0.320 e. The molecular weight excluding hydrogens is 316 g/mol. The second-order valence-corrected chi connectivity index (χ2v) is 5.28. The lowest BCUT2D eigenvalue weighted by molar-refractivity contribution is -0.385. The minimum absolute atomic E-state index is 0.0426. The first-order valence-corrected chi connectivity index (χ1v) is 7.04. The normalized spacial score (nSPS) is 11.9. The van der Waals surface area contributed by atoms with E-state index in [0.717, 1.165) is 0 Å². The largest absolute Gasteiger partial charge is 0.504 e. The SMILES string of the molecule is NC(Cc1ccc(O)c(O)c1Cc1ccccc1[N+](=O)[O-])C(=O)O. The molecular formula is C16H16N2O6. The quantitative estimate of drug-likeness (QED) is 0.356. The molecule has 2 aromatic carbocycles. The van der Waals surface area contributed by atoms with Gasteiger partial charge in [-0.05, 0) is 18.1 Å². The number of phenolic OH excluding ortho intramolecular Hbond substituents is 2. The maximum atomic E-state index is 11.1. The topological polar surface area (TPSA) is 147 Å². The van der Waals surface area contributed by atoms with Crippen molar-refractivity contribution in [3.8, 4) is 11.5 Å². The van der Waals surface area contributed by atoms with E-state index in [1.165, 1.54) is 30.3 Å². The van der Waals surface area contributed by atoms with Crippen molar-refractivity contribution in [1.29, 1.82) is 0 Å². The van der Waals surface area contributed by atoms with E-state index >= 15 is 0 Å². The van der Waals surface area contributed by atoms with Crippen LogP contribution in [-0.4, -0.2) is 32.3 Å². The minimum atomic E-state index is -1.21. The fourth-order valence-electron chi connectivity index (χ4n) is 2.41. The summed E-state index contributed by atoms with van der Waals surface area (Å²) in [5.41, 5.74) is 6.33. The van der Waals surface area contributed by atoms with Crippen molar-refractivity contribution in [3.63, 3.8) is 0 Å². The molecule has 0 spiro atoms. The van der Waals surface area contributed by atoms with Crippen molar-refractivity contribution >= 4 is 11.7 Å². The molecule has 2 aromatic rings. The number of nitrogens with two attached hydrogens (primary N) is 1. The lowest BCUT2D eigenvalue weighted by Gasteiger charge is -2.15. The first-order chi connectivity index (χ1) is 11.3. The molecule has 8 nitrogen and oxygen atoms in total. The highest BCUT2D eigenvalue weighted by Gasteiger charge is 2.21. The molecule has 0 fully saturated rings. The summed E-state index contributed by atoms with van der Waals surface area (Å²) in [6, 6.07) is 7.47. The van der Waals surface area contributed by atoms with Crippen LogP contribution in [0.15, 0.2) is 36.4 Å². The molecule has 0 aliphatic rings. The minimum Gasteiger partial charge on any atom is -0.504 e. The van der Waals surface area contributed by atoms with Gasteiger partial charge >= 0.3 is 5.97 Å². The summed E-state index contributed by atoms with van der Waals surface area (Å²) in [5, 5.41) is 39.9. The number of hydrogen-bond donors (Lipinski definition) is 4. The van der Waals surface area contributed by atoms with E-state index in [4.69, 9.17) is 10.8 Å². The number of carboxylic acid groups (broad SMARTS) is 1. The highest BCUT2D eigenvalue weighted by atomic mass is 16.6. The Morgan fingerprint density at radius 3 is 2.46 bits per heavy atom. The Bertz CT molecular complexity index is 790. The second-order valence-electron chi connectivity index (χ2n) is 5.28. The van der Waals surface area contributed by atoms with Gasteiger partial charge < -0.3 is 21.1 Å². The molecule has 8 heteroatoms. The number of rotatable bonds is 6. The van der Waals surface area contributed by atoms with E-state index in [1.54, 1.807) is 6.07 Å². The van der Waals surface area contributed by atoms with Crippen molar-refractivity contribution in [2.75, 3.05) is 0 Å². The van der Waals surface area contributed by atoms with Gasteiger partial charge in [-0.1, -0.05) is 24.3 Å². The summed E-state index contributed by atoms with van der Waals surface area (Å²) in [6.07, 6.45) is -0.127. The third-order valence-electron chi connectivity index (χ3n) is 3.67. The summed E-state index contributed by atoms with van der Waals surface area (Å²) in [6.45, 7) is 0. The maximum absolute atomic E-state index is 11.1. The zero-order valence-electron chi connectivity index (χ0n) is 12.5. The number of phenols is 2. The van der Waals surface area contributed by atoms with Crippen LogP contribution in [0.2, 0.25) is 0 Å². The highest BCUT2D eigenvalue weighted by Crippen LogP contribution is 2.35. The summed E-state index contributed by atoms with van der Waals surface area (Å²) in [7, 11) is 0. The molecule has 0 saturated heterocycles. The number of nitro groups is 1. The van der Waals surface area contributed by atoms with E-state index in [2.05, 4.69) is 0 Å². The van der Waals surface area contributed by atoms with Gasteiger partial charge in [0.1, 0.15) is 6.04 Å². The predicted molar refractivity (Wildman–Crippen MR) is 85.0 cm³/mol. The number of nitro benzene ring substituents is 1. The van der Waals surface area contributed by atoms with Crippen molar-refractivity contribution in [3.05, 3.63) is 63.2 Å². The van der Waals surface area contributed by atoms with Gasteiger partial charge in [-0.2, -0.15) is 0 Å². The predicted octanol–water partition coefficient (Wildman–Crippen LogP) is 1.55. The Hall–Kier alpha value is -3.13. The fraction of sp³-hybridized carbons (Fsp3) is 0.188. The van der Waals surface area contributed by atoms with Crippen LogP contribution in [0.25, 0.3) is 0 Å². The Morgan fingerprint density at radius 2 is 1.83 bits per heavy atom. The van der Waals surface area contributed by atoms with E-state index in [1.807, 2.05) is 0 Å². The molecule has 0 saturated carbocycles. The molecule has 0 heterocycles. The first-order valence-electron chi connectivity index (χ1n) is 7.04. The van der Waals surface area contributed by atoms with Gasteiger partial charge in [0.15, 0.2) is 11.5 Å². The zero-order chi connectivity index (χ0) is 17.9. The average molecular weight is 332 g/mol. The molecule has 0 aliphatic heterocycles. The van der Waals surface area contributed by atoms with Crippen molar-refractivity contribution < 1.29 is 25.0 Å².